The fourth-order valence-corrected chi connectivity index (χ4v) is 2.34. The Morgan fingerprint density at radius 1 is 1.35 bits per heavy atom. The van der Waals surface area contributed by atoms with Crippen molar-refractivity contribution in [3.05, 3.63) is 29.8 Å². The van der Waals surface area contributed by atoms with E-state index >= 15 is 0 Å². The van der Waals surface area contributed by atoms with E-state index in [1.165, 1.54) is 0 Å². The summed E-state index contributed by atoms with van der Waals surface area (Å²) >= 11 is 0. The maximum Gasteiger partial charge on any atom is 0.174 e. The molecule has 1 heterocycles. The summed E-state index contributed by atoms with van der Waals surface area (Å²) in [6.07, 6.45) is 1.59. The van der Waals surface area contributed by atoms with Crippen LogP contribution >= 0.6 is 0 Å². The van der Waals surface area contributed by atoms with Crippen LogP contribution < -0.4 is 10.1 Å². The molecule has 5 nitrogen and oxygen atoms in total. The first kappa shape index (κ1) is 14.8. The summed E-state index contributed by atoms with van der Waals surface area (Å²) in [5, 5.41) is 21.7. The first-order valence-corrected chi connectivity index (χ1v) is 6.81. The smallest absolute Gasteiger partial charge is 0.174 e. The van der Waals surface area contributed by atoms with Crippen molar-refractivity contribution in [2.75, 3.05) is 26.4 Å². The Bertz CT molecular complexity index is 464. The molecule has 2 N–H and O–H groups in total. The summed E-state index contributed by atoms with van der Waals surface area (Å²) in [4.78, 5) is 0. The third-order valence-corrected chi connectivity index (χ3v) is 3.67. The molecule has 0 unspecified atom stereocenters. The Balaban J connectivity index is 2.00. The van der Waals surface area contributed by atoms with Crippen molar-refractivity contribution in [2.45, 2.75) is 24.9 Å². The van der Waals surface area contributed by atoms with Crippen molar-refractivity contribution in [1.29, 1.82) is 5.26 Å². The van der Waals surface area contributed by atoms with Crippen LogP contribution in [0.15, 0.2) is 24.3 Å². The van der Waals surface area contributed by atoms with Gasteiger partial charge in [0.25, 0.3) is 0 Å². The second-order valence-corrected chi connectivity index (χ2v) is 4.96. The maximum atomic E-state index is 9.64. The van der Waals surface area contributed by atoms with E-state index in [2.05, 4.69) is 5.32 Å². The highest BCUT2D eigenvalue weighted by Gasteiger charge is 2.31. The highest BCUT2D eigenvalue weighted by molar-refractivity contribution is 5.33. The first-order valence-electron chi connectivity index (χ1n) is 6.81. The molecular weight excluding hydrogens is 256 g/mol. The van der Waals surface area contributed by atoms with E-state index in [0.29, 0.717) is 25.5 Å². The van der Waals surface area contributed by atoms with E-state index in [9.17, 15) is 5.11 Å². The van der Waals surface area contributed by atoms with Crippen LogP contribution in [-0.2, 0) is 11.3 Å². The van der Waals surface area contributed by atoms with Gasteiger partial charge in [-0.05, 0) is 18.9 Å². The molecule has 108 valence electrons. The van der Waals surface area contributed by atoms with E-state index in [0.717, 1.165) is 18.4 Å². The van der Waals surface area contributed by atoms with Crippen LogP contribution in [0.5, 0.6) is 5.75 Å². The zero-order valence-electron chi connectivity index (χ0n) is 11.5. The van der Waals surface area contributed by atoms with Gasteiger partial charge in [-0.2, -0.15) is 5.26 Å². The molecule has 1 fully saturated rings. The van der Waals surface area contributed by atoms with Gasteiger partial charge in [0.1, 0.15) is 11.8 Å². The lowest BCUT2D eigenvalue weighted by atomic mass is 9.90. The van der Waals surface area contributed by atoms with Gasteiger partial charge in [0, 0.05) is 30.9 Å². The number of nitrogens with one attached hydrogen (secondary N) is 1. The summed E-state index contributed by atoms with van der Waals surface area (Å²) in [5.74, 6) is 0.710. The van der Waals surface area contributed by atoms with Crippen LogP contribution in [0.4, 0.5) is 0 Å². The molecule has 1 aromatic carbocycles. The fourth-order valence-electron chi connectivity index (χ4n) is 2.34. The van der Waals surface area contributed by atoms with Crippen molar-refractivity contribution >= 4 is 0 Å². The number of hydrogen-bond acceptors (Lipinski definition) is 5. The predicted octanol–water partition coefficient (Wildman–Crippen LogP) is 1.22. The number of ether oxygens (including phenoxy) is 2. The summed E-state index contributed by atoms with van der Waals surface area (Å²) in [7, 11) is 0. The molecule has 0 atom stereocenters. The van der Waals surface area contributed by atoms with E-state index in [4.69, 9.17) is 14.7 Å². The molecule has 0 saturated carbocycles. The number of aliphatic hydroxyl groups is 1. The Labute approximate surface area is 119 Å². The van der Waals surface area contributed by atoms with Crippen molar-refractivity contribution in [3.8, 4) is 11.8 Å². The largest absolute Gasteiger partial charge is 0.478 e. The van der Waals surface area contributed by atoms with Crippen molar-refractivity contribution in [3.63, 3.8) is 0 Å². The normalized spacial score (nSPS) is 17.4. The van der Waals surface area contributed by atoms with Gasteiger partial charge in [-0.25, -0.2) is 0 Å². The standard InChI is InChI=1S/C15H20N2O3/c16-7-10-20-14-4-2-1-3-13(14)11-17-15(12-18)5-8-19-9-6-15/h1-4,17-18H,5-6,8-12H2. The Kier molecular flexibility index (Phi) is 5.36. The second-order valence-electron chi connectivity index (χ2n) is 4.96. The molecule has 5 heteroatoms. The van der Waals surface area contributed by atoms with Gasteiger partial charge in [0.05, 0.1) is 6.61 Å². The summed E-state index contributed by atoms with van der Waals surface area (Å²) in [5.41, 5.74) is 0.711. The van der Waals surface area contributed by atoms with Crippen LogP contribution in [0.3, 0.4) is 0 Å². The first-order chi connectivity index (χ1) is 9.79. The van der Waals surface area contributed by atoms with Crippen molar-refractivity contribution in [1.82, 2.24) is 5.32 Å². The fraction of sp³-hybridized carbons (Fsp3) is 0.533. The molecule has 2 rings (SSSR count). The van der Waals surface area contributed by atoms with Crippen LogP contribution in [-0.4, -0.2) is 37.1 Å². The van der Waals surface area contributed by atoms with Crippen molar-refractivity contribution in [2.24, 2.45) is 0 Å². The molecule has 1 aliphatic rings. The van der Waals surface area contributed by atoms with Gasteiger partial charge in [-0.1, -0.05) is 18.2 Å². The Hall–Kier alpha value is -1.61. The quantitative estimate of drug-likeness (QED) is 0.817. The average Bonchev–Trinajstić information content (AvgIpc) is 2.52. The molecule has 1 aliphatic heterocycles. The minimum atomic E-state index is -0.277. The molecule has 0 spiro atoms. The van der Waals surface area contributed by atoms with Gasteiger partial charge in [0.2, 0.25) is 0 Å². The molecule has 0 bridgehead atoms. The minimum absolute atomic E-state index is 0.0377. The number of benzene rings is 1. The lowest BCUT2D eigenvalue weighted by molar-refractivity contribution is 0.0111. The van der Waals surface area contributed by atoms with Crippen LogP contribution in [0.1, 0.15) is 18.4 Å². The SMILES string of the molecule is N#CCOc1ccccc1CNC1(CO)CCOCC1. The second kappa shape index (κ2) is 7.25. The topological polar surface area (TPSA) is 74.5 Å². The molecule has 1 aromatic rings. The summed E-state index contributed by atoms with van der Waals surface area (Å²) < 4.78 is 10.7. The minimum Gasteiger partial charge on any atom is -0.478 e. The lowest BCUT2D eigenvalue weighted by Gasteiger charge is -2.36. The van der Waals surface area contributed by atoms with E-state index in [1.807, 2.05) is 30.3 Å². The highest BCUT2D eigenvalue weighted by atomic mass is 16.5. The molecule has 0 amide bonds. The number of hydrogen-bond donors (Lipinski definition) is 2. The molecule has 0 aromatic heterocycles. The van der Waals surface area contributed by atoms with Crippen LogP contribution in [0, 0.1) is 11.3 Å². The molecule has 0 radical (unpaired) electrons. The third-order valence-electron chi connectivity index (χ3n) is 3.67. The van der Waals surface area contributed by atoms with E-state index < -0.39 is 0 Å². The van der Waals surface area contributed by atoms with Gasteiger partial charge in [-0.3, -0.25) is 0 Å². The van der Waals surface area contributed by atoms with Crippen molar-refractivity contribution < 1.29 is 14.6 Å². The summed E-state index contributed by atoms with van der Waals surface area (Å²) in [6, 6.07) is 9.60. The predicted molar refractivity (Wildman–Crippen MR) is 74.3 cm³/mol. The maximum absolute atomic E-state index is 9.64. The molecule has 1 saturated heterocycles. The average molecular weight is 276 g/mol. The molecular formula is C15H20N2O3. The van der Waals surface area contributed by atoms with Gasteiger partial charge >= 0.3 is 0 Å². The van der Waals surface area contributed by atoms with Crippen LogP contribution in [0.25, 0.3) is 0 Å². The number of aliphatic hydroxyl groups excluding tert-OH is 1. The number of para-hydroxylation sites is 1. The number of rotatable bonds is 6. The number of nitriles is 1. The van der Waals surface area contributed by atoms with E-state index in [1.54, 1.807) is 0 Å². The Morgan fingerprint density at radius 2 is 2.10 bits per heavy atom. The molecule has 0 aliphatic carbocycles. The van der Waals surface area contributed by atoms with Gasteiger partial charge < -0.3 is 19.9 Å². The van der Waals surface area contributed by atoms with Crippen LogP contribution in [0.2, 0.25) is 0 Å². The third kappa shape index (κ3) is 3.70. The lowest BCUT2D eigenvalue weighted by Crippen LogP contribution is -2.51. The Morgan fingerprint density at radius 3 is 2.80 bits per heavy atom. The van der Waals surface area contributed by atoms with E-state index in [-0.39, 0.29) is 18.8 Å². The van der Waals surface area contributed by atoms with Gasteiger partial charge in [0.15, 0.2) is 6.61 Å². The number of nitrogens with zero attached hydrogens (tertiary/aromatic N) is 1. The zero-order valence-corrected chi connectivity index (χ0v) is 11.5. The summed E-state index contributed by atoms with van der Waals surface area (Å²) in [6.45, 7) is 2.07. The highest BCUT2D eigenvalue weighted by Crippen LogP contribution is 2.23. The molecule has 20 heavy (non-hydrogen) atoms. The zero-order chi connectivity index (χ0) is 14.3. The monoisotopic (exact) mass is 276 g/mol. The van der Waals surface area contributed by atoms with Gasteiger partial charge in [-0.15, -0.1) is 0 Å².